The Morgan fingerprint density at radius 1 is 1.25 bits per heavy atom. The van der Waals surface area contributed by atoms with E-state index in [4.69, 9.17) is 11.6 Å². The number of halogens is 1. The number of carbonyl (C=O) groups is 1. The molecule has 1 aromatic carbocycles. The smallest absolute Gasteiger partial charge is 0.229 e. The van der Waals surface area contributed by atoms with Crippen LogP contribution in [0.5, 0.6) is 0 Å². The van der Waals surface area contributed by atoms with Crippen LogP contribution in [0.2, 0.25) is 5.02 Å². The fraction of sp³-hybridized carbons (Fsp3) is 0.562. The highest BCUT2D eigenvalue weighted by molar-refractivity contribution is 6.30. The maximum absolute atomic E-state index is 12.9. The Balaban J connectivity index is 1.75. The topological polar surface area (TPSA) is 32.3 Å². The molecule has 0 saturated carbocycles. The average molecular weight is 293 g/mol. The van der Waals surface area contributed by atoms with Gasteiger partial charge < -0.3 is 10.2 Å². The number of carbonyl (C=O) groups excluding carboxylic acids is 1. The Morgan fingerprint density at radius 3 is 2.80 bits per heavy atom. The third-order valence-corrected chi connectivity index (χ3v) is 4.88. The van der Waals surface area contributed by atoms with E-state index < -0.39 is 0 Å². The van der Waals surface area contributed by atoms with Gasteiger partial charge in [-0.3, -0.25) is 4.79 Å². The molecular formula is C16H21ClN2O. The summed E-state index contributed by atoms with van der Waals surface area (Å²) in [6, 6.07) is 7.82. The zero-order valence-electron chi connectivity index (χ0n) is 11.7. The lowest BCUT2D eigenvalue weighted by atomic mass is 9.72. The van der Waals surface area contributed by atoms with Gasteiger partial charge in [0.2, 0.25) is 5.91 Å². The highest BCUT2D eigenvalue weighted by Crippen LogP contribution is 2.39. The van der Waals surface area contributed by atoms with Crippen LogP contribution in [0.3, 0.4) is 0 Å². The van der Waals surface area contributed by atoms with Crippen molar-refractivity contribution in [2.75, 3.05) is 19.6 Å². The van der Waals surface area contributed by atoms with Gasteiger partial charge in [-0.1, -0.05) is 23.7 Å². The number of nitrogens with zero attached hydrogens (tertiary/aromatic N) is 1. The molecule has 0 radical (unpaired) electrons. The molecule has 0 bridgehead atoms. The molecule has 1 spiro atoms. The number of rotatable bonds is 2. The number of likely N-dealkylation sites (tertiary alicyclic amines) is 1. The molecule has 2 heterocycles. The molecule has 3 rings (SSSR count). The Morgan fingerprint density at radius 2 is 2.05 bits per heavy atom. The number of hydrogen-bond acceptors (Lipinski definition) is 2. The van der Waals surface area contributed by atoms with Crippen molar-refractivity contribution in [3.63, 3.8) is 0 Å². The van der Waals surface area contributed by atoms with Gasteiger partial charge in [0.1, 0.15) is 0 Å². The van der Waals surface area contributed by atoms with Crippen molar-refractivity contribution in [3.05, 3.63) is 34.9 Å². The van der Waals surface area contributed by atoms with E-state index in [1.54, 1.807) is 0 Å². The molecular weight excluding hydrogens is 272 g/mol. The van der Waals surface area contributed by atoms with E-state index >= 15 is 0 Å². The Bertz CT molecular complexity index is 491. The SMILES string of the molecule is O=C1N(Cc2cccc(Cl)c2)CCCC12CCNCC2. The molecule has 1 N–H and O–H groups in total. The van der Waals surface area contributed by atoms with Gasteiger partial charge >= 0.3 is 0 Å². The van der Waals surface area contributed by atoms with E-state index in [-0.39, 0.29) is 5.41 Å². The minimum Gasteiger partial charge on any atom is -0.338 e. The van der Waals surface area contributed by atoms with Crippen molar-refractivity contribution in [1.82, 2.24) is 10.2 Å². The van der Waals surface area contributed by atoms with Gasteiger partial charge in [-0.15, -0.1) is 0 Å². The van der Waals surface area contributed by atoms with E-state index in [9.17, 15) is 4.79 Å². The van der Waals surface area contributed by atoms with Crippen molar-refractivity contribution in [1.29, 1.82) is 0 Å². The molecule has 20 heavy (non-hydrogen) atoms. The molecule has 0 aliphatic carbocycles. The number of amides is 1. The minimum absolute atomic E-state index is 0.0952. The number of hydrogen-bond donors (Lipinski definition) is 1. The van der Waals surface area contributed by atoms with E-state index in [2.05, 4.69) is 5.32 Å². The Labute approximate surface area is 125 Å². The van der Waals surface area contributed by atoms with Crippen LogP contribution in [0.15, 0.2) is 24.3 Å². The van der Waals surface area contributed by atoms with Crippen LogP contribution < -0.4 is 5.32 Å². The summed E-state index contributed by atoms with van der Waals surface area (Å²) in [5.41, 5.74) is 1.03. The lowest BCUT2D eigenvalue weighted by Crippen LogP contribution is -2.52. The van der Waals surface area contributed by atoms with Crippen LogP contribution >= 0.6 is 11.6 Å². The second-order valence-electron chi connectivity index (χ2n) is 5.99. The highest BCUT2D eigenvalue weighted by atomic mass is 35.5. The second kappa shape index (κ2) is 5.74. The Hall–Kier alpha value is -1.06. The third kappa shape index (κ3) is 2.70. The molecule has 0 unspecified atom stereocenters. The zero-order valence-corrected chi connectivity index (χ0v) is 12.5. The van der Waals surface area contributed by atoms with Crippen molar-refractivity contribution < 1.29 is 4.79 Å². The van der Waals surface area contributed by atoms with Gasteiger partial charge in [0.15, 0.2) is 0 Å². The number of piperidine rings is 2. The Kier molecular flexibility index (Phi) is 3.99. The van der Waals surface area contributed by atoms with E-state index in [0.29, 0.717) is 12.5 Å². The first-order valence-electron chi connectivity index (χ1n) is 7.44. The fourth-order valence-corrected chi connectivity index (χ4v) is 3.74. The summed E-state index contributed by atoms with van der Waals surface area (Å²) in [6.07, 6.45) is 4.14. The maximum atomic E-state index is 12.9. The lowest BCUT2D eigenvalue weighted by Gasteiger charge is -2.44. The molecule has 1 aromatic rings. The van der Waals surface area contributed by atoms with E-state index in [0.717, 1.165) is 55.9 Å². The summed E-state index contributed by atoms with van der Waals surface area (Å²) in [6.45, 7) is 3.50. The van der Waals surface area contributed by atoms with Gasteiger partial charge in [-0.05, 0) is 56.5 Å². The molecule has 2 fully saturated rings. The summed E-state index contributed by atoms with van der Waals surface area (Å²) in [7, 11) is 0. The molecule has 3 nitrogen and oxygen atoms in total. The van der Waals surface area contributed by atoms with Gasteiger partial charge in [-0.25, -0.2) is 0 Å². The predicted molar refractivity (Wildman–Crippen MR) is 80.6 cm³/mol. The largest absolute Gasteiger partial charge is 0.338 e. The number of nitrogens with one attached hydrogen (secondary N) is 1. The molecule has 2 saturated heterocycles. The molecule has 0 aromatic heterocycles. The summed E-state index contributed by atoms with van der Waals surface area (Å²) < 4.78 is 0. The first-order valence-corrected chi connectivity index (χ1v) is 7.82. The minimum atomic E-state index is -0.0952. The van der Waals surface area contributed by atoms with Crippen LogP contribution in [0.1, 0.15) is 31.2 Å². The third-order valence-electron chi connectivity index (χ3n) is 4.65. The summed E-state index contributed by atoms with van der Waals surface area (Å²) >= 11 is 6.03. The highest BCUT2D eigenvalue weighted by Gasteiger charge is 2.44. The monoisotopic (exact) mass is 292 g/mol. The fourth-order valence-electron chi connectivity index (χ4n) is 3.53. The molecule has 2 aliphatic heterocycles. The van der Waals surface area contributed by atoms with Crippen molar-refractivity contribution >= 4 is 17.5 Å². The summed E-state index contributed by atoms with van der Waals surface area (Å²) in [4.78, 5) is 14.9. The quantitative estimate of drug-likeness (QED) is 0.909. The van der Waals surface area contributed by atoms with Crippen molar-refractivity contribution in [2.24, 2.45) is 5.41 Å². The molecule has 108 valence electrons. The van der Waals surface area contributed by atoms with E-state index in [1.165, 1.54) is 0 Å². The first-order chi connectivity index (χ1) is 9.70. The first kappa shape index (κ1) is 13.9. The average Bonchev–Trinajstić information content (AvgIpc) is 2.45. The maximum Gasteiger partial charge on any atom is 0.229 e. The van der Waals surface area contributed by atoms with Crippen LogP contribution in [0.4, 0.5) is 0 Å². The molecule has 2 aliphatic rings. The summed E-state index contributed by atoms with van der Waals surface area (Å²) in [5, 5.41) is 4.10. The second-order valence-corrected chi connectivity index (χ2v) is 6.43. The van der Waals surface area contributed by atoms with Gasteiger partial charge in [-0.2, -0.15) is 0 Å². The zero-order chi connectivity index (χ0) is 14.0. The number of benzene rings is 1. The summed E-state index contributed by atoms with van der Waals surface area (Å²) in [5.74, 6) is 0.352. The normalized spacial score (nSPS) is 22.2. The molecule has 0 atom stereocenters. The van der Waals surface area contributed by atoms with Crippen LogP contribution in [-0.4, -0.2) is 30.4 Å². The van der Waals surface area contributed by atoms with Gasteiger partial charge in [0.25, 0.3) is 0 Å². The standard InChI is InChI=1S/C16H21ClN2O/c17-14-4-1-3-13(11-14)12-19-10-2-5-16(15(19)20)6-8-18-9-7-16/h1,3-4,11,18H,2,5-10,12H2. The van der Waals surface area contributed by atoms with E-state index in [1.807, 2.05) is 29.2 Å². The van der Waals surface area contributed by atoms with Crippen molar-refractivity contribution in [2.45, 2.75) is 32.2 Å². The van der Waals surface area contributed by atoms with Gasteiger partial charge in [0.05, 0.1) is 5.41 Å². The van der Waals surface area contributed by atoms with Gasteiger partial charge in [0, 0.05) is 18.1 Å². The van der Waals surface area contributed by atoms with Crippen LogP contribution in [-0.2, 0) is 11.3 Å². The van der Waals surface area contributed by atoms with Crippen LogP contribution in [0, 0.1) is 5.41 Å². The molecule has 4 heteroatoms. The van der Waals surface area contributed by atoms with Crippen molar-refractivity contribution in [3.8, 4) is 0 Å². The molecule has 1 amide bonds. The predicted octanol–water partition coefficient (Wildman–Crippen LogP) is 2.83. The lowest BCUT2D eigenvalue weighted by molar-refractivity contribution is -0.149. The van der Waals surface area contributed by atoms with Crippen LogP contribution in [0.25, 0.3) is 0 Å².